The number of hydrogen-bond donors (Lipinski definition) is 3. The van der Waals surface area contributed by atoms with Gasteiger partial charge in [0.05, 0.1) is 57.1 Å². The summed E-state index contributed by atoms with van der Waals surface area (Å²) in [5.41, 5.74) is 3.72. The van der Waals surface area contributed by atoms with Crippen molar-refractivity contribution < 1.29 is 26.7 Å². The number of alkyl halides is 5. The van der Waals surface area contributed by atoms with Crippen molar-refractivity contribution in [2.24, 2.45) is 17.5 Å². The third-order valence-electron chi connectivity index (χ3n) is 7.57. The maximum atomic E-state index is 13.9. The lowest BCUT2D eigenvalue weighted by molar-refractivity contribution is -0.119. The maximum absolute atomic E-state index is 13.9. The lowest BCUT2D eigenvalue weighted by atomic mass is 9.97. The number of aromatic nitrogens is 5. The third-order valence-corrected chi connectivity index (χ3v) is 8.29. The monoisotopic (exact) mass is 697 g/mol. The Labute approximate surface area is 273 Å². The van der Waals surface area contributed by atoms with E-state index in [1.807, 2.05) is 0 Å². The molecule has 0 aliphatic carbocycles. The van der Waals surface area contributed by atoms with Crippen LogP contribution in [0.15, 0.2) is 65.7 Å². The highest BCUT2D eigenvalue weighted by Crippen LogP contribution is 2.38. The van der Waals surface area contributed by atoms with Crippen LogP contribution in [0.25, 0.3) is 22.5 Å². The number of nitrogens with one attached hydrogen (secondary N) is 1. The Bertz CT molecular complexity index is 1910. The molecule has 11 nitrogen and oxygen atoms in total. The van der Waals surface area contributed by atoms with Crippen LogP contribution >= 0.6 is 23.2 Å². The standard InChI is InChI=1S/C29H26Cl2F5N9O2/c1-14-3-2-4-22(20-7-15(5-6-39-20)26-21(42-27(14)47)11-41-45(26)28(32)33)43-13-40-19(10-25(43)46)16-8-17(30)18(31)9-23(16)44(38)12-24(37)29(34,35)36/h5-14,22,28H,2-4,37-38H2,1H3,(H,42,47)/b24-12-. The molecule has 5 N–H and O–H groups in total. The van der Waals surface area contributed by atoms with E-state index in [-0.39, 0.29) is 49.8 Å². The number of carbonyl (C=O) groups is 1. The van der Waals surface area contributed by atoms with E-state index in [1.54, 1.807) is 6.92 Å². The first-order chi connectivity index (χ1) is 22.1. The highest BCUT2D eigenvalue weighted by molar-refractivity contribution is 6.42. The summed E-state index contributed by atoms with van der Waals surface area (Å²) >= 11 is 12.3. The van der Waals surface area contributed by atoms with Crippen LogP contribution in [0, 0.1) is 5.92 Å². The van der Waals surface area contributed by atoms with E-state index >= 15 is 0 Å². The van der Waals surface area contributed by atoms with Crippen molar-refractivity contribution in [2.75, 3.05) is 10.3 Å². The zero-order valence-corrected chi connectivity index (χ0v) is 25.9. The molecule has 0 spiro atoms. The minimum Gasteiger partial charge on any atom is -0.393 e. The zero-order valence-electron chi connectivity index (χ0n) is 24.3. The molecular weight excluding hydrogens is 672 g/mol. The second-order valence-electron chi connectivity index (χ2n) is 10.7. The number of hydrogen-bond acceptors (Lipinski definition) is 8. The first-order valence-electron chi connectivity index (χ1n) is 13.9. The molecule has 0 saturated carbocycles. The summed E-state index contributed by atoms with van der Waals surface area (Å²) in [7, 11) is 0. The lowest BCUT2D eigenvalue weighted by Crippen LogP contribution is -2.30. The Balaban J connectivity index is 1.60. The number of amides is 1. The van der Waals surface area contributed by atoms with Gasteiger partial charge < -0.3 is 11.1 Å². The van der Waals surface area contributed by atoms with Crippen molar-refractivity contribution in [3.05, 3.63) is 87.0 Å². The molecular formula is C29H26Cl2F5N9O2. The highest BCUT2D eigenvalue weighted by Gasteiger charge is 2.32. The van der Waals surface area contributed by atoms with Crippen LogP contribution in [-0.4, -0.2) is 36.4 Å². The van der Waals surface area contributed by atoms with E-state index < -0.39 is 35.9 Å². The number of benzene rings is 1. The van der Waals surface area contributed by atoms with Crippen molar-refractivity contribution in [2.45, 2.75) is 45.0 Å². The van der Waals surface area contributed by atoms with Crippen molar-refractivity contribution in [1.82, 2.24) is 24.3 Å². The quantitative estimate of drug-likeness (QED) is 0.126. The number of anilines is 2. The Morgan fingerprint density at radius 1 is 1.13 bits per heavy atom. The normalized spacial score (nSPS) is 17.5. The van der Waals surface area contributed by atoms with E-state index in [4.69, 9.17) is 34.8 Å². The molecule has 2 bridgehead atoms. The summed E-state index contributed by atoms with van der Waals surface area (Å²) in [6.45, 7) is -1.32. The number of pyridine rings is 1. The number of nitrogens with two attached hydrogens (primary N) is 2. The fourth-order valence-electron chi connectivity index (χ4n) is 5.14. The number of allylic oxidation sites excluding steroid dienone is 1. The summed E-state index contributed by atoms with van der Waals surface area (Å²) in [5.74, 6) is 5.02. The van der Waals surface area contributed by atoms with Crippen LogP contribution in [0.2, 0.25) is 10.0 Å². The predicted octanol–water partition coefficient (Wildman–Crippen LogP) is 6.26. The van der Waals surface area contributed by atoms with Crippen molar-refractivity contribution in [3.63, 3.8) is 0 Å². The second kappa shape index (κ2) is 13.3. The molecule has 18 heteroatoms. The van der Waals surface area contributed by atoms with Crippen LogP contribution in [0.1, 0.15) is 44.5 Å². The Kier molecular flexibility index (Phi) is 9.56. The van der Waals surface area contributed by atoms with Gasteiger partial charge in [-0.05, 0) is 37.1 Å². The number of rotatable bonds is 5. The molecule has 3 aromatic heterocycles. The fourth-order valence-corrected chi connectivity index (χ4v) is 5.46. The van der Waals surface area contributed by atoms with Gasteiger partial charge in [-0.3, -0.25) is 24.1 Å². The first-order valence-corrected chi connectivity index (χ1v) is 14.7. The topological polar surface area (TPSA) is 150 Å². The Hall–Kier alpha value is -4.54. The number of halogens is 7. The van der Waals surface area contributed by atoms with E-state index in [0.717, 1.165) is 12.3 Å². The van der Waals surface area contributed by atoms with Gasteiger partial charge in [0.25, 0.3) is 5.56 Å². The van der Waals surface area contributed by atoms with E-state index in [1.165, 1.54) is 41.4 Å². The molecule has 2 atom stereocenters. The van der Waals surface area contributed by atoms with E-state index in [2.05, 4.69) is 20.4 Å². The molecule has 5 rings (SSSR count). The molecule has 0 radical (unpaired) electrons. The number of fused-ring (bicyclic) bond motifs is 4. The van der Waals surface area contributed by atoms with Gasteiger partial charge in [-0.25, -0.2) is 15.5 Å². The van der Waals surface area contributed by atoms with Crippen LogP contribution in [-0.2, 0) is 4.79 Å². The van der Waals surface area contributed by atoms with Gasteiger partial charge >= 0.3 is 12.7 Å². The Morgan fingerprint density at radius 3 is 2.53 bits per heavy atom. The number of hydrazine groups is 1. The minimum absolute atomic E-state index is 0.000110. The van der Waals surface area contributed by atoms with Crippen molar-refractivity contribution >= 4 is 40.5 Å². The highest BCUT2D eigenvalue weighted by atomic mass is 35.5. The van der Waals surface area contributed by atoms with Crippen LogP contribution in [0.4, 0.5) is 33.3 Å². The summed E-state index contributed by atoms with van der Waals surface area (Å²) in [5, 5.41) is 7.01. The smallest absolute Gasteiger partial charge is 0.393 e. The molecule has 0 saturated heterocycles. The first kappa shape index (κ1) is 33.8. The Morgan fingerprint density at radius 2 is 1.85 bits per heavy atom. The minimum atomic E-state index is -4.87. The maximum Gasteiger partial charge on any atom is 0.432 e. The zero-order chi connectivity index (χ0) is 34.2. The third kappa shape index (κ3) is 7.08. The van der Waals surface area contributed by atoms with Gasteiger partial charge in [0, 0.05) is 35.5 Å². The summed E-state index contributed by atoms with van der Waals surface area (Å²) < 4.78 is 68.9. The van der Waals surface area contributed by atoms with Crippen molar-refractivity contribution in [3.8, 4) is 22.5 Å². The van der Waals surface area contributed by atoms with Gasteiger partial charge in [-0.1, -0.05) is 36.5 Å². The molecule has 1 aromatic carbocycles. The molecule has 248 valence electrons. The van der Waals surface area contributed by atoms with Gasteiger partial charge in [0.15, 0.2) is 0 Å². The lowest BCUT2D eigenvalue weighted by Gasteiger charge is -2.23. The molecule has 1 aliphatic rings. The molecule has 4 aromatic rings. The summed E-state index contributed by atoms with van der Waals surface area (Å²) in [6.07, 6.45) is 0.519. The summed E-state index contributed by atoms with van der Waals surface area (Å²) in [4.78, 5) is 35.4. The van der Waals surface area contributed by atoms with Gasteiger partial charge in [0.2, 0.25) is 5.91 Å². The van der Waals surface area contributed by atoms with Gasteiger partial charge in [0.1, 0.15) is 5.70 Å². The molecule has 0 fully saturated rings. The van der Waals surface area contributed by atoms with Crippen molar-refractivity contribution in [1.29, 1.82) is 0 Å². The fraction of sp³-hybridized carbons (Fsp3) is 0.276. The van der Waals surface area contributed by atoms with Gasteiger partial charge in [-0.2, -0.15) is 27.1 Å². The molecule has 1 amide bonds. The average Bonchev–Trinajstić information content (AvgIpc) is 3.43. The van der Waals surface area contributed by atoms with E-state index in [9.17, 15) is 31.5 Å². The molecule has 47 heavy (non-hydrogen) atoms. The van der Waals surface area contributed by atoms with Gasteiger partial charge in [-0.15, -0.1) is 0 Å². The molecule has 4 heterocycles. The molecule has 1 aliphatic heterocycles. The molecule has 2 unspecified atom stereocenters. The van der Waals surface area contributed by atoms with Crippen LogP contribution < -0.4 is 27.5 Å². The number of nitrogens with zero attached hydrogens (tertiary/aromatic N) is 6. The largest absolute Gasteiger partial charge is 0.432 e. The SMILES string of the molecule is CC1CCCC(n2cnc(-c3cc(Cl)c(Cl)cc3N(N)/C=C(\N)C(F)(F)F)cc2=O)c2cc(ccn2)-c2c(cnn2C(F)F)NC1=O. The number of carbonyl (C=O) groups excluding carboxylic acids is 1. The average molecular weight is 698 g/mol. The second-order valence-corrected chi connectivity index (χ2v) is 11.5. The van der Waals surface area contributed by atoms with Crippen LogP contribution in [0.3, 0.4) is 0 Å². The summed E-state index contributed by atoms with van der Waals surface area (Å²) in [6, 6.07) is 5.88. The predicted molar refractivity (Wildman–Crippen MR) is 165 cm³/mol. The van der Waals surface area contributed by atoms with E-state index in [0.29, 0.717) is 40.8 Å². The van der Waals surface area contributed by atoms with Crippen LogP contribution in [0.5, 0.6) is 0 Å².